The monoisotopic (exact) mass is 374 g/mol. The predicted octanol–water partition coefficient (Wildman–Crippen LogP) is 3.54. The van der Waals surface area contributed by atoms with E-state index in [1.54, 1.807) is 26.1 Å². The van der Waals surface area contributed by atoms with E-state index in [1.165, 1.54) is 23.6 Å². The zero-order chi connectivity index (χ0) is 15.6. The Bertz CT molecular complexity index is 610. The number of rotatable bonds is 4. The highest BCUT2D eigenvalue weighted by atomic mass is 79.9. The van der Waals surface area contributed by atoms with Crippen molar-refractivity contribution in [3.63, 3.8) is 0 Å². The molecule has 1 aliphatic carbocycles. The first-order valence-corrected chi connectivity index (χ1v) is 9.57. The van der Waals surface area contributed by atoms with Gasteiger partial charge in [-0.1, -0.05) is 19.3 Å². The third kappa shape index (κ3) is 3.79. The maximum absolute atomic E-state index is 12.7. The molecule has 2 N–H and O–H groups in total. The van der Waals surface area contributed by atoms with Gasteiger partial charge in [-0.25, -0.2) is 12.7 Å². The van der Waals surface area contributed by atoms with Crippen LogP contribution < -0.4 is 5.73 Å². The molecule has 1 fully saturated rings. The van der Waals surface area contributed by atoms with Crippen molar-refractivity contribution in [2.45, 2.75) is 43.9 Å². The largest absolute Gasteiger partial charge is 0.398 e. The average Bonchev–Trinajstić information content (AvgIpc) is 2.43. The molecule has 4 nitrogen and oxygen atoms in total. The molecular weight excluding hydrogens is 352 g/mol. The van der Waals surface area contributed by atoms with Gasteiger partial charge in [0.1, 0.15) is 0 Å². The van der Waals surface area contributed by atoms with Crippen LogP contribution in [0.4, 0.5) is 5.69 Å². The van der Waals surface area contributed by atoms with E-state index in [0.29, 0.717) is 28.6 Å². The van der Waals surface area contributed by atoms with Crippen LogP contribution in [0.5, 0.6) is 0 Å². The number of nitrogens with zero attached hydrogens (tertiary/aromatic N) is 1. The summed E-state index contributed by atoms with van der Waals surface area (Å²) in [5, 5.41) is 0. The summed E-state index contributed by atoms with van der Waals surface area (Å²) in [6, 6.07) is 3.31. The van der Waals surface area contributed by atoms with Crippen LogP contribution in [-0.2, 0) is 10.0 Å². The lowest BCUT2D eigenvalue weighted by Gasteiger charge is -2.27. The van der Waals surface area contributed by atoms with Crippen molar-refractivity contribution in [3.05, 3.63) is 22.2 Å². The van der Waals surface area contributed by atoms with Gasteiger partial charge < -0.3 is 5.73 Å². The Morgan fingerprint density at radius 3 is 2.52 bits per heavy atom. The zero-order valence-corrected chi connectivity index (χ0v) is 15.0. The molecule has 6 heteroatoms. The summed E-state index contributed by atoms with van der Waals surface area (Å²) in [6.07, 6.45) is 5.95. The summed E-state index contributed by atoms with van der Waals surface area (Å²) >= 11 is 3.33. The fourth-order valence-electron chi connectivity index (χ4n) is 2.95. The summed E-state index contributed by atoms with van der Waals surface area (Å²) in [6.45, 7) is 2.39. The molecule has 0 atom stereocenters. The second-order valence-corrected chi connectivity index (χ2v) is 8.80. The van der Waals surface area contributed by atoms with Gasteiger partial charge in [-0.05, 0) is 59.3 Å². The Labute approximate surface area is 135 Å². The lowest BCUT2D eigenvalue weighted by Crippen LogP contribution is -2.33. The van der Waals surface area contributed by atoms with Crippen molar-refractivity contribution in [2.75, 3.05) is 19.3 Å². The molecule has 1 saturated carbocycles. The molecule has 1 aliphatic rings. The molecule has 0 unspecified atom stereocenters. The minimum absolute atomic E-state index is 0.307. The van der Waals surface area contributed by atoms with E-state index in [2.05, 4.69) is 15.9 Å². The number of nitrogens with two attached hydrogens (primary N) is 1. The fourth-order valence-corrected chi connectivity index (χ4v) is 4.89. The minimum atomic E-state index is -3.48. The van der Waals surface area contributed by atoms with Gasteiger partial charge in [-0.2, -0.15) is 0 Å². The van der Waals surface area contributed by atoms with Crippen molar-refractivity contribution in [1.29, 1.82) is 0 Å². The average molecular weight is 375 g/mol. The third-order valence-electron chi connectivity index (χ3n) is 4.22. The van der Waals surface area contributed by atoms with Gasteiger partial charge in [0.2, 0.25) is 10.0 Å². The Morgan fingerprint density at radius 2 is 1.90 bits per heavy atom. The highest BCUT2D eigenvalue weighted by Crippen LogP contribution is 2.30. The van der Waals surface area contributed by atoms with Crippen LogP contribution in [-0.4, -0.2) is 26.3 Å². The number of halogens is 1. The van der Waals surface area contributed by atoms with Gasteiger partial charge in [0, 0.05) is 23.8 Å². The number of benzene rings is 1. The van der Waals surface area contributed by atoms with E-state index >= 15 is 0 Å². The first-order chi connectivity index (χ1) is 9.82. The standard InChI is InChI=1S/C15H23BrN2O2S/c1-11-8-13(16)14(17)9-15(11)21(19,20)18(2)10-12-6-4-3-5-7-12/h8-9,12H,3-7,10,17H2,1-2H3. The van der Waals surface area contributed by atoms with Crippen LogP contribution in [0.1, 0.15) is 37.7 Å². The molecule has 0 aromatic heterocycles. The van der Waals surface area contributed by atoms with Crippen molar-refractivity contribution >= 4 is 31.6 Å². The Hall–Kier alpha value is -0.590. The van der Waals surface area contributed by atoms with Crippen LogP contribution in [0.3, 0.4) is 0 Å². The molecule has 0 heterocycles. The predicted molar refractivity (Wildman–Crippen MR) is 89.7 cm³/mol. The molecule has 0 amide bonds. The topological polar surface area (TPSA) is 63.4 Å². The molecule has 1 aromatic rings. The van der Waals surface area contributed by atoms with Crippen molar-refractivity contribution in [1.82, 2.24) is 4.31 Å². The van der Waals surface area contributed by atoms with Crippen molar-refractivity contribution in [2.24, 2.45) is 5.92 Å². The maximum atomic E-state index is 12.7. The van der Waals surface area contributed by atoms with Gasteiger partial charge in [-0.3, -0.25) is 0 Å². The van der Waals surface area contributed by atoms with E-state index in [4.69, 9.17) is 5.73 Å². The summed E-state index contributed by atoms with van der Waals surface area (Å²) in [7, 11) is -1.81. The normalized spacial score (nSPS) is 17.3. The molecule has 0 aliphatic heterocycles. The van der Waals surface area contributed by atoms with Crippen LogP contribution >= 0.6 is 15.9 Å². The van der Waals surface area contributed by atoms with Gasteiger partial charge in [-0.15, -0.1) is 0 Å². The van der Waals surface area contributed by atoms with Gasteiger partial charge in [0.05, 0.1) is 4.90 Å². The van der Waals surface area contributed by atoms with E-state index in [9.17, 15) is 8.42 Å². The summed E-state index contributed by atoms with van der Waals surface area (Å²) < 4.78 is 27.7. The highest BCUT2D eigenvalue weighted by Gasteiger charge is 2.26. The number of aryl methyl sites for hydroxylation is 1. The SMILES string of the molecule is Cc1cc(Br)c(N)cc1S(=O)(=O)N(C)CC1CCCCC1. The quantitative estimate of drug-likeness (QED) is 0.819. The molecule has 21 heavy (non-hydrogen) atoms. The molecule has 118 valence electrons. The van der Waals surface area contributed by atoms with E-state index in [0.717, 1.165) is 17.3 Å². The van der Waals surface area contributed by atoms with E-state index < -0.39 is 10.0 Å². The molecular formula is C15H23BrN2O2S. The Balaban J connectivity index is 2.22. The third-order valence-corrected chi connectivity index (χ3v) is 6.87. The van der Waals surface area contributed by atoms with Crippen molar-refractivity contribution in [3.8, 4) is 0 Å². The second kappa shape index (κ2) is 6.67. The number of nitrogen functional groups attached to an aromatic ring is 1. The Kier molecular flexibility index (Phi) is 5.33. The second-order valence-electron chi connectivity index (χ2n) is 5.93. The first-order valence-electron chi connectivity index (χ1n) is 7.34. The number of hydrogen-bond donors (Lipinski definition) is 1. The van der Waals surface area contributed by atoms with E-state index in [-0.39, 0.29) is 0 Å². The van der Waals surface area contributed by atoms with Crippen LogP contribution in [0.25, 0.3) is 0 Å². The molecule has 2 rings (SSSR count). The molecule has 0 saturated heterocycles. The van der Waals surface area contributed by atoms with Crippen LogP contribution in [0.15, 0.2) is 21.5 Å². The van der Waals surface area contributed by atoms with Gasteiger partial charge in [0.15, 0.2) is 0 Å². The van der Waals surface area contributed by atoms with Gasteiger partial charge in [0.25, 0.3) is 0 Å². The Morgan fingerprint density at radius 1 is 1.29 bits per heavy atom. The lowest BCUT2D eigenvalue weighted by molar-refractivity contribution is 0.300. The zero-order valence-electron chi connectivity index (χ0n) is 12.6. The summed E-state index contributed by atoms with van der Waals surface area (Å²) in [5.41, 5.74) is 7.00. The molecule has 0 bridgehead atoms. The highest BCUT2D eigenvalue weighted by molar-refractivity contribution is 9.10. The maximum Gasteiger partial charge on any atom is 0.243 e. The summed E-state index contributed by atoms with van der Waals surface area (Å²) in [4.78, 5) is 0.307. The van der Waals surface area contributed by atoms with Crippen LogP contribution in [0.2, 0.25) is 0 Å². The van der Waals surface area contributed by atoms with Crippen LogP contribution in [0, 0.1) is 12.8 Å². The fraction of sp³-hybridized carbons (Fsp3) is 0.600. The molecule has 0 spiro atoms. The number of sulfonamides is 1. The molecule has 0 radical (unpaired) electrons. The first kappa shape index (κ1) is 16.8. The van der Waals surface area contributed by atoms with Gasteiger partial charge >= 0.3 is 0 Å². The van der Waals surface area contributed by atoms with Crippen molar-refractivity contribution < 1.29 is 8.42 Å². The summed E-state index contributed by atoms with van der Waals surface area (Å²) in [5.74, 6) is 0.478. The smallest absolute Gasteiger partial charge is 0.243 e. The lowest BCUT2D eigenvalue weighted by atomic mass is 9.89. The van der Waals surface area contributed by atoms with E-state index in [1.807, 2.05) is 0 Å². The number of anilines is 1. The minimum Gasteiger partial charge on any atom is -0.398 e. The number of hydrogen-bond acceptors (Lipinski definition) is 3. The molecule has 1 aromatic carbocycles.